The van der Waals surface area contributed by atoms with Crippen molar-refractivity contribution in [3.05, 3.63) is 23.3 Å². The number of benzene rings is 1. The van der Waals surface area contributed by atoms with Crippen molar-refractivity contribution in [2.45, 2.75) is 26.1 Å². The Balaban J connectivity index is 2.85. The van der Waals surface area contributed by atoms with Crippen LogP contribution in [0.4, 0.5) is 29.3 Å². The van der Waals surface area contributed by atoms with Gasteiger partial charge in [0.2, 0.25) is 0 Å². The second-order valence-corrected chi connectivity index (χ2v) is 5.72. The Hall–Kier alpha value is -1.96. The third-order valence-corrected chi connectivity index (χ3v) is 3.44. The Labute approximate surface area is 133 Å². The van der Waals surface area contributed by atoms with Gasteiger partial charge in [0, 0.05) is 32.5 Å². The average molecular weight is 333 g/mol. The number of anilines is 2. The maximum absolute atomic E-state index is 12.3. The van der Waals surface area contributed by atoms with Crippen LogP contribution in [0.2, 0.25) is 0 Å². The fraction of sp³-hybridized carbons (Fsp3) is 0.533. The maximum Gasteiger partial charge on any atom is 0.416 e. The highest BCUT2D eigenvalue weighted by molar-refractivity contribution is 5.91. The molecule has 0 aliphatic carbocycles. The van der Waals surface area contributed by atoms with Gasteiger partial charge in [-0.1, -0.05) is 0 Å². The number of alkyl halides is 3. The summed E-state index contributed by atoms with van der Waals surface area (Å²) in [5, 5.41) is 11.6. The van der Waals surface area contributed by atoms with E-state index >= 15 is 0 Å². The summed E-state index contributed by atoms with van der Waals surface area (Å²) in [7, 11) is 4.97. The van der Waals surface area contributed by atoms with Crippen LogP contribution >= 0.6 is 0 Å². The van der Waals surface area contributed by atoms with Crippen LogP contribution in [0.5, 0.6) is 0 Å². The van der Waals surface area contributed by atoms with Gasteiger partial charge in [0.15, 0.2) is 6.10 Å². The topological polar surface area (TPSA) is 55.8 Å². The number of hydrogen-bond donors (Lipinski definition) is 2. The van der Waals surface area contributed by atoms with Crippen LogP contribution in [0.1, 0.15) is 11.1 Å². The van der Waals surface area contributed by atoms with Gasteiger partial charge < -0.3 is 20.2 Å². The lowest BCUT2D eigenvalue weighted by Gasteiger charge is -2.24. The van der Waals surface area contributed by atoms with Crippen LogP contribution in [0.3, 0.4) is 0 Å². The van der Waals surface area contributed by atoms with Crippen LogP contribution in [0.15, 0.2) is 12.1 Å². The lowest BCUT2D eigenvalue weighted by molar-refractivity contribution is -0.205. The molecule has 0 heterocycles. The SMILES string of the molecule is Cc1cc(N(C)C)cc(C)c1NC(=O)N(C)CC(O)C(F)(F)F. The zero-order valence-corrected chi connectivity index (χ0v) is 13.8. The lowest BCUT2D eigenvalue weighted by Crippen LogP contribution is -2.43. The third-order valence-electron chi connectivity index (χ3n) is 3.44. The highest BCUT2D eigenvalue weighted by Gasteiger charge is 2.39. The fourth-order valence-electron chi connectivity index (χ4n) is 2.04. The quantitative estimate of drug-likeness (QED) is 0.891. The van der Waals surface area contributed by atoms with E-state index in [9.17, 15) is 18.0 Å². The molecule has 23 heavy (non-hydrogen) atoms. The van der Waals surface area contributed by atoms with E-state index in [1.165, 1.54) is 7.05 Å². The monoisotopic (exact) mass is 333 g/mol. The van der Waals surface area contributed by atoms with Gasteiger partial charge >= 0.3 is 12.2 Å². The van der Waals surface area contributed by atoms with E-state index in [2.05, 4.69) is 5.32 Å². The van der Waals surface area contributed by atoms with Gasteiger partial charge in [-0.15, -0.1) is 0 Å². The van der Waals surface area contributed by atoms with Crippen LogP contribution in [0.25, 0.3) is 0 Å². The summed E-state index contributed by atoms with van der Waals surface area (Å²) >= 11 is 0. The van der Waals surface area contributed by atoms with Crippen molar-refractivity contribution in [3.8, 4) is 0 Å². The Morgan fingerprint density at radius 3 is 2.09 bits per heavy atom. The molecule has 0 aromatic heterocycles. The summed E-state index contributed by atoms with van der Waals surface area (Å²) in [6.07, 6.45) is -7.33. The van der Waals surface area contributed by atoms with Crippen LogP contribution in [0, 0.1) is 13.8 Å². The first-order valence-corrected chi connectivity index (χ1v) is 6.99. The number of hydrogen-bond acceptors (Lipinski definition) is 3. The van der Waals surface area contributed by atoms with E-state index in [0.29, 0.717) is 5.69 Å². The van der Waals surface area contributed by atoms with E-state index in [4.69, 9.17) is 5.11 Å². The Kier molecular flexibility index (Phi) is 5.87. The molecule has 0 saturated carbocycles. The van der Waals surface area contributed by atoms with Gasteiger partial charge in [-0.25, -0.2) is 4.79 Å². The van der Waals surface area contributed by atoms with E-state index in [-0.39, 0.29) is 0 Å². The van der Waals surface area contributed by atoms with Crippen molar-refractivity contribution in [3.63, 3.8) is 0 Å². The van der Waals surface area contributed by atoms with Crippen molar-refractivity contribution < 1.29 is 23.1 Å². The van der Waals surface area contributed by atoms with Gasteiger partial charge in [-0.2, -0.15) is 13.2 Å². The molecule has 130 valence electrons. The highest BCUT2D eigenvalue weighted by atomic mass is 19.4. The average Bonchev–Trinajstić information content (AvgIpc) is 2.40. The van der Waals surface area contributed by atoms with Gasteiger partial charge in [0.05, 0.1) is 6.54 Å². The Morgan fingerprint density at radius 1 is 1.22 bits per heavy atom. The number of rotatable bonds is 4. The summed E-state index contributed by atoms with van der Waals surface area (Å²) in [4.78, 5) is 14.7. The molecule has 0 aliphatic rings. The van der Waals surface area contributed by atoms with E-state index < -0.39 is 24.9 Å². The number of urea groups is 1. The molecule has 0 fully saturated rings. The molecule has 1 rings (SSSR count). The zero-order chi connectivity index (χ0) is 17.9. The molecule has 5 nitrogen and oxygen atoms in total. The summed E-state index contributed by atoms with van der Waals surface area (Å²) in [6.45, 7) is 2.78. The largest absolute Gasteiger partial charge is 0.416 e. The smallest absolute Gasteiger partial charge is 0.382 e. The summed E-state index contributed by atoms with van der Waals surface area (Å²) < 4.78 is 37.0. The second-order valence-electron chi connectivity index (χ2n) is 5.72. The highest BCUT2D eigenvalue weighted by Crippen LogP contribution is 2.27. The fourth-order valence-corrected chi connectivity index (χ4v) is 2.04. The molecule has 0 saturated heterocycles. The minimum atomic E-state index is -4.76. The predicted octanol–water partition coefficient (Wildman–Crippen LogP) is 2.76. The van der Waals surface area contributed by atoms with Gasteiger partial charge in [-0.3, -0.25) is 0 Å². The zero-order valence-electron chi connectivity index (χ0n) is 13.8. The summed E-state index contributed by atoms with van der Waals surface area (Å²) in [5.74, 6) is 0. The maximum atomic E-state index is 12.3. The number of nitrogens with one attached hydrogen (secondary N) is 1. The van der Waals surface area contributed by atoms with Crippen LogP contribution in [-0.4, -0.2) is 56.0 Å². The molecule has 2 amide bonds. The standard InChI is InChI=1S/C15H22F3N3O2/c1-9-6-11(20(3)4)7-10(2)13(9)19-14(23)21(5)8-12(22)15(16,17)18/h6-7,12,22H,8H2,1-5H3,(H,19,23). The number of amides is 2. The number of carbonyl (C=O) groups is 1. The number of halogens is 3. The molecule has 0 aliphatic heterocycles. The molecule has 0 bridgehead atoms. The minimum Gasteiger partial charge on any atom is -0.382 e. The molecular formula is C15H22F3N3O2. The number of aliphatic hydroxyl groups is 1. The Bertz CT molecular complexity index is 551. The minimum absolute atomic E-state index is 0.550. The molecule has 2 N–H and O–H groups in total. The molecular weight excluding hydrogens is 311 g/mol. The first-order chi connectivity index (χ1) is 10.4. The second kappa shape index (κ2) is 7.08. The van der Waals surface area contributed by atoms with Crippen molar-refractivity contribution in [2.75, 3.05) is 37.9 Å². The normalized spacial score (nSPS) is 12.7. The molecule has 0 radical (unpaired) electrons. The van der Waals surface area contributed by atoms with E-state index in [1.807, 2.05) is 31.1 Å². The first kappa shape index (κ1) is 19.1. The summed E-state index contributed by atoms with van der Waals surface area (Å²) in [6, 6.07) is 3.03. The number of nitrogens with zero attached hydrogens (tertiary/aromatic N) is 2. The Morgan fingerprint density at radius 2 is 1.70 bits per heavy atom. The van der Waals surface area contributed by atoms with Gasteiger partial charge in [0.1, 0.15) is 0 Å². The number of likely N-dealkylation sites (N-methyl/N-ethyl adjacent to an activating group) is 1. The van der Waals surface area contributed by atoms with Crippen molar-refractivity contribution >= 4 is 17.4 Å². The van der Waals surface area contributed by atoms with Crippen LogP contribution in [-0.2, 0) is 0 Å². The van der Waals surface area contributed by atoms with E-state index in [0.717, 1.165) is 21.7 Å². The molecule has 1 aromatic rings. The van der Waals surface area contributed by atoms with Crippen molar-refractivity contribution in [2.24, 2.45) is 0 Å². The van der Waals surface area contributed by atoms with E-state index in [1.54, 1.807) is 13.8 Å². The molecule has 0 spiro atoms. The molecule has 8 heteroatoms. The predicted molar refractivity (Wildman–Crippen MR) is 84.0 cm³/mol. The summed E-state index contributed by atoms with van der Waals surface area (Å²) in [5.41, 5.74) is 3.10. The van der Waals surface area contributed by atoms with Crippen LogP contribution < -0.4 is 10.2 Å². The van der Waals surface area contributed by atoms with Crippen molar-refractivity contribution in [1.82, 2.24) is 4.90 Å². The molecule has 1 unspecified atom stereocenters. The van der Waals surface area contributed by atoms with Gasteiger partial charge in [-0.05, 0) is 37.1 Å². The van der Waals surface area contributed by atoms with Gasteiger partial charge in [0.25, 0.3) is 0 Å². The lowest BCUT2D eigenvalue weighted by atomic mass is 10.1. The number of aryl methyl sites for hydroxylation is 2. The third kappa shape index (κ3) is 5.02. The molecule has 1 aromatic carbocycles. The molecule has 1 atom stereocenters. The number of carbonyl (C=O) groups excluding carboxylic acids is 1. The van der Waals surface area contributed by atoms with Crippen molar-refractivity contribution in [1.29, 1.82) is 0 Å². The number of aliphatic hydroxyl groups excluding tert-OH is 1. The first-order valence-electron chi connectivity index (χ1n) is 6.99.